The summed E-state index contributed by atoms with van der Waals surface area (Å²) in [5.74, 6) is -1.24. The van der Waals surface area contributed by atoms with E-state index >= 15 is 0 Å². The molecule has 2 aromatic carbocycles. The Kier molecular flexibility index (Phi) is 4.51. The summed E-state index contributed by atoms with van der Waals surface area (Å²) in [6, 6.07) is 8.83. The number of nitrogens with one attached hydrogen (secondary N) is 1. The number of thiophene rings is 1. The average molecular weight is 393 g/mol. The Bertz CT molecular complexity index is 1120. The molecule has 3 aromatic rings. The largest absolute Gasteiger partial charge is 0.507 e. The third-order valence-electron chi connectivity index (χ3n) is 3.83. The van der Waals surface area contributed by atoms with Gasteiger partial charge in [-0.25, -0.2) is 13.2 Å². The summed E-state index contributed by atoms with van der Waals surface area (Å²) in [5.41, 5.74) is 0.342. The first-order valence-electron chi connectivity index (χ1n) is 7.40. The Labute approximate surface area is 153 Å². The number of ether oxygens (including phenoxy) is 1. The fourth-order valence-corrected chi connectivity index (χ4v) is 5.48. The summed E-state index contributed by atoms with van der Waals surface area (Å²) in [4.78, 5) is 10.9. The molecule has 0 aliphatic carbocycles. The van der Waals surface area contributed by atoms with Crippen molar-refractivity contribution in [2.24, 2.45) is 0 Å². The molecule has 0 fully saturated rings. The van der Waals surface area contributed by atoms with Crippen molar-refractivity contribution in [1.29, 1.82) is 0 Å². The summed E-state index contributed by atoms with van der Waals surface area (Å²) in [6.45, 7) is 1.71. The van der Waals surface area contributed by atoms with Crippen LogP contribution in [0.4, 0.5) is 5.69 Å². The van der Waals surface area contributed by atoms with Crippen molar-refractivity contribution in [1.82, 2.24) is 0 Å². The van der Waals surface area contributed by atoms with Gasteiger partial charge < -0.3 is 14.9 Å². The van der Waals surface area contributed by atoms with Crippen LogP contribution in [0.2, 0.25) is 0 Å². The van der Waals surface area contributed by atoms with Gasteiger partial charge in [0, 0.05) is 11.5 Å². The molecule has 0 atom stereocenters. The molecule has 136 valence electrons. The molecule has 9 heteroatoms. The van der Waals surface area contributed by atoms with Crippen molar-refractivity contribution in [2.75, 3.05) is 11.8 Å². The number of hydrogen-bond donors (Lipinski definition) is 3. The highest BCUT2D eigenvalue weighted by atomic mass is 32.2. The van der Waals surface area contributed by atoms with Gasteiger partial charge in [-0.15, -0.1) is 11.3 Å². The highest BCUT2D eigenvalue weighted by molar-refractivity contribution is 7.94. The molecule has 0 aliphatic rings. The van der Waals surface area contributed by atoms with E-state index in [1.807, 2.05) is 6.07 Å². The molecule has 0 saturated heterocycles. The maximum atomic E-state index is 12.8. The third-order valence-corrected chi connectivity index (χ3v) is 7.15. The van der Waals surface area contributed by atoms with Crippen molar-refractivity contribution >= 4 is 43.1 Å². The molecule has 1 aromatic heterocycles. The van der Waals surface area contributed by atoms with Gasteiger partial charge in [0.1, 0.15) is 21.3 Å². The minimum Gasteiger partial charge on any atom is -0.507 e. The maximum absolute atomic E-state index is 12.8. The predicted octanol–water partition coefficient (Wildman–Crippen LogP) is 3.42. The van der Waals surface area contributed by atoms with Gasteiger partial charge in [-0.3, -0.25) is 4.72 Å². The van der Waals surface area contributed by atoms with Crippen molar-refractivity contribution in [3.05, 3.63) is 47.5 Å². The molecule has 0 radical (unpaired) electrons. The first kappa shape index (κ1) is 18.0. The number of hydrogen-bond acceptors (Lipinski definition) is 6. The lowest BCUT2D eigenvalue weighted by atomic mass is 10.2. The SMILES string of the molecule is COc1cccc2c(C)c(S(=O)(=O)Nc3ccc(C(=O)O)c(O)c3)sc12. The molecule has 0 bridgehead atoms. The second kappa shape index (κ2) is 6.50. The molecular formula is C17H15NO6S2. The van der Waals surface area contributed by atoms with E-state index in [2.05, 4.69) is 4.72 Å². The van der Waals surface area contributed by atoms with E-state index in [1.165, 1.54) is 13.2 Å². The van der Waals surface area contributed by atoms with E-state index in [0.717, 1.165) is 33.6 Å². The van der Waals surface area contributed by atoms with Crippen LogP contribution in [0.25, 0.3) is 10.1 Å². The minimum absolute atomic E-state index is 0.0660. The number of methoxy groups -OCH3 is 1. The lowest BCUT2D eigenvalue weighted by molar-refractivity contribution is 0.0694. The number of aromatic hydroxyl groups is 1. The number of carbonyl (C=O) groups is 1. The van der Waals surface area contributed by atoms with Crippen LogP contribution in [0.15, 0.2) is 40.6 Å². The van der Waals surface area contributed by atoms with Crippen molar-refractivity contribution in [2.45, 2.75) is 11.1 Å². The molecular weight excluding hydrogens is 378 g/mol. The van der Waals surface area contributed by atoms with E-state index < -0.39 is 21.7 Å². The van der Waals surface area contributed by atoms with Crippen LogP contribution < -0.4 is 9.46 Å². The monoisotopic (exact) mass is 393 g/mol. The van der Waals surface area contributed by atoms with Crippen molar-refractivity contribution in [3.63, 3.8) is 0 Å². The molecule has 0 saturated carbocycles. The highest BCUT2D eigenvalue weighted by Crippen LogP contribution is 2.40. The van der Waals surface area contributed by atoms with E-state index in [9.17, 15) is 18.3 Å². The van der Waals surface area contributed by atoms with Crippen LogP contribution in [0, 0.1) is 6.92 Å². The molecule has 3 rings (SSSR count). The number of aryl methyl sites for hydroxylation is 1. The normalized spacial score (nSPS) is 11.5. The molecule has 0 aliphatic heterocycles. The van der Waals surface area contributed by atoms with Crippen LogP contribution in [0.1, 0.15) is 15.9 Å². The Hall–Kier alpha value is -2.78. The van der Waals surface area contributed by atoms with Crippen molar-refractivity contribution in [3.8, 4) is 11.5 Å². The zero-order chi connectivity index (χ0) is 19.1. The number of carboxylic acid groups (broad SMARTS) is 1. The predicted molar refractivity (Wildman–Crippen MR) is 99.0 cm³/mol. The smallest absolute Gasteiger partial charge is 0.339 e. The summed E-state index contributed by atoms with van der Waals surface area (Å²) in [6.07, 6.45) is 0. The molecule has 3 N–H and O–H groups in total. The molecule has 7 nitrogen and oxygen atoms in total. The standard InChI is InChI=1S/C17H15NO6S2/c1-9-11-4-3-5-14(24-2)15(11)25-17(9)26(22,23)18-10-6-7-12(16(20)21)13(19)8-10/h3-8,18-19H,1-2H3,(H,20,21). The lowest BCUT2D eigenvalue weighted by Gasteiger charge is -2.08. The average Bonchev–Trinajstić information content (AvgIpc) is 2.92. The Morgan fingerprint density at radius 3 is 2.58 bits per heavy atom. The summed E-state index contributed by atoms with van der Waals surface area (Å²) in [5, 5.41) is 19.4. The van der Waals surface area contributed by atoms with Crippen LogP contribution >= 0.6 is 11.3 Å². The highest BCUT2D eigenvalue weighted by Gasteiger charge is 2.23. The summed E-state index contributed by atoms with van der Waals surface area (Å²) in [7, 11) is -2.41. The van der Waals surface area contributed by atoms with Gasteiger partial charge in [-0.2, -0.15) is 0 Å². The zero-order valence-corrected chi connectivity index (χ0v) is 15.4. The zero-order valence-electron chi connectivity index (χ0n) is 13.8. The lowest BCUT2D eigenvalue weighted by Crippen LogP contribution is -2.12. The number of phenols is 1. The topological polar surface area (TPSA) is 113 Å². The first-order valence-corrected chi connectivity index (χ1v) is 9.70. The Morgan fingerprint density at radius 1 is 1.23 bits per heavy atom. The van der Waals surface area contributed by atoms with E-state index in [1.54, 1.807) is 19.1 Å². The number of benzene rings is 2. The molecule has 0 unspecified atom stereocenters. The number of fused-ring (bicyclic) bond motifs is 1. The van der Waals surface area contributed by atoms with Crippen LogP contribution in [-0.4, -0.2) is 31.7 Å². The number of rotatable bonds is 5. The van der Waals surface area contributed by atoms with E-state index in [4.69, 9.17) is 9.84 Å². The van der Waals surface area contributed by atoms with Crippen molar-refractivity contribution < 1.29 is 28.2 Å². The Morgan fingerprint density at radius 2 is 1.96 bits per heavy atom. The maximum Gasteiger partial charge on any atom is 0.339 e. The van der Waals surface area contributed by atoms with Gasteiger partial charge in [0.2, 0.25) is 0 Å². The minimum atomic E-state index is -3.93. The fourth-order valence-electron chi connectivity index (χ4n) is 2.59. The second-order valence-electron chi connectivity index (χ2n) is 5.49. The third kappa shape index (κ3) is 3.06. The number of aromatic carboxylic acids is 1. The van der Waals surface area contributed by atoms with Gasteiger partial charge >= 0.3 is 5.97 Å². The van der Waals surface area contributed by atoms with Crippen LogP contribution in [-0.2, 0) is 10.0 Å². The van der Waals surface area contributed by atoms with Gasteiger partial charge in [0.25, 0.3) is 10.0 Å². The number of anilines is 1. The quantitative estimate of drug-likeness (QED) is 0.612. The fraction of sp³-hybridized carbons (Fsp3) is 0.118. The van der Waals surface area contributed by atoms with Crippen LogP contribution in [0.5, 0.6) is 11.5 Å². The molecule has 0 spiro atoms. The summed E-state index contributed by atoms with van der Waals surface area (Å²) < 4.78 is 34.1. The number of carboxylic acids is 1. The van der Waals surface area contributed by atoms with Gasteiger partial charge in [0.15, 0.2) is 0 Å². The number of sulfonamides is 1. The van der Waals surface area contributed by atoms with Crippen LogP contribution in [0.3, 0.4) is 0 Å². The Balaban J connectivity index is 2.04. The molecule has 1 heterocycles. The van der Waals surface area contributed by atoms with Gasteiger partial charge in [0.05, 0.1) is 17.5 Å². The molecule has 26 heavy (non-hydrogen) atoms. The van der Waals surface area contributed by atoms with E-state index in [0.29, 0.717) is 11.3 Å². The second-order valence-corrected chi connectivity index (χ2v) is 8.39. The summed E-state index contributed by atoms with van der Waals surface area (Å²) >= 11 is 1.08. The van der Waals surface area contributed by atoms with Gasteiger partial charge in [-0.05, 0) is 30.7 Å². The first-order chi connectivity index (χ1) is 12.2. The van der Waals surface area contributed by atoms with E-state index in [-0.39, 0.29) is 15.5 Å². The van der Waals surface area contributed by atoms with Gasteiger partial charge in [-0.1, -0.05) is 12.1 Å². The molecule has 0 amide bonds.